The predicted molar refractivity (Wildman–Crippen MR) is 134 cm³/mol. The molecule has 0 bridgehead atoms. The number of hydrogen-bond donors (Lipinski definition) is 0. The fourth-order valence-corrected chi connectivity index (χ4v) is 3.95. The largest absolute Gasteiger partial charge is 0.497 e. The van der Waals surface area contributed by atoms with Crippen molar-refractivity contribution in [3.63, 3.8) is 0 Å². The van der Waals surface area contributed by atoms with Gasteiger partial charge in [0, 0.05) is 5.56 Å². The van der Waals surface area contributed by atoms with Gasteiger partial charge in [-0.05, 0) is 73.5 Å². The van der Waals surface area contributed by atoms with Crippen LogP contribution in [0.25, 0.3) is 22.3 Å². The Morgan fingerprint density at radius 1 is 0.743 bits per heavy atom. The number of benzene rings is 3. The molecule has 0 spiro atoms. The monoisotopic (exact) mass is 476 g/mol. The summed E-state index contributed by atoms with van der Waals surface area (Å²) in [7, 11) is 4.73. The summed E-state index contributed by atoms with van der Waals surface area (Å²) < 4.78 is 34.0. The fourth-order valence-electron chi connectivity index (χ4n) is 3.95. The molecule has 0 radical (unpaired) electrons. The van der Waals surface area contributed by atoms with Crippen molar-refractivity contribution in [3.8, 4) is 40.1 Å². The predicted octanol–water partition coefficient (Wildman–Crippen LogP) is 5.56. The van der Waals surface area contributed by atoms with Crippen LogP contribution in [-0.2, 0) is 0 Å². The molecule has 0 N–H and O–H groups in total. The van der Waals surface area contributed by atoms with E-state index < -0.39 is 0 Å². The first-order chi connectivity index (χ1) is 16.9. The minimum Gasteiger partial charge on any atom is -0.497 e. The van der Waals surface area contributed by atoms with Gasteiger partial charge in [0.15, 0.2) is 17.3 Å². The van der Waals surface area contributed by atoms with Crippen LogP contribution in [-0.4, -0.2) is 34.5 Å². The first-order valence-corrected chi connectivity index (χ1v) is 11.1. The molecular formula is C28H28O7. The van der Waals surface area contributed by atoms with Crippen LogP contribution in [0.15, 0.2) is 63.8 Å². The molecule has 35 heavy (non-hydrogen) atoms. The normalized spacial score (nSPS) is 10.8. The number of aryl methyl sites for hydroxylation is 2. The van der Waals surface area contributed by atoms with Crippen molar-refractivity contribution in [1.82, 2.24) is 0 Å². The van der Waals surface area contributed by atoms with Crippen LogP contribution in [0, 0.1) is 13.8 Å². The summed E-state index contributed by atoms with van der Waals surface area (Å²) in [5.74, 6) is 2.94. The Morgan fingerprint density at radius 3 is 2.11 bits per heavy atom. The topological polar surface area (TPSA) is 76.4 Å². The average Bonchev–Trinajstić information content (AvgIpc) is 2.86. The Labute approximate surface area is 203 Å². The molecule has 3 aromatic carbocycles. The summed E-state index contributed by atoms with van der Waals surface area (Å²) in [6, 6.07) is 16.4. The van der Waals surface area contributed by atoms with Gasteiger partial charge >= 0.3 is 0 Å². The molecule has 0 aliphatic rings. The van der Waals surface area contributed by atoms with Crippen LogP contribution < -0.4 is 29.1 Å². The van der Waals surface area contributed by atoms with Crippen molar-refractivity contribution in [1.29, 1.82) is 0 Å². The van der Waals surface area contributed by atoms with Gasteiger partial charge in [-0.15, -0.1) is 0 Å². The lowest BCUT2D eigenvalue weighted by molar-refractivity contribution is 0.214. The van der Waals surface area contributed by atoms with Crippen molar-refractivity contribution in [2.75, 3.05) is 34.5 Å². The highest BCUT2D eigenvalue weighted by Gasteiger charge is 2.21. The van der Waals surface area contributed by atoms with Crippen LogP contribution in [0.3, 0.4) is 0 Å². The standard InChI is InChI=1S/C28H28O7/c1-17-14-18(2)25-24(15-17)35-27(19-6-11-22(31-4)23(16-19)32-5)28(26(25)29)34-13-12-33-21-9-7-20(30-3)8-10-21/h6-11,14-16H,12-13H2,1-5H3. The van der Waals surface area contributed by atoms with Gasteiger partial charge in [0.05, 0.1) is 26.7 Å². The second-order valence-electron chi connectivity index (χ2n) is 7.99. The number of rotatable bonds is 9. The molecule has 0 atom stereocenters. The molecule has 0 saturated heterocycles. The molecule has 4 aromatic rings. The second kappa shape index (κ2) is 10.4. The Hall–Kier alpha value is -4.13. The third-order valence-electron chi connectivity index (χ3n) is 5.60. The van der Waals surface area contributed by atoms with E-state index in [0.29, 0.717) is 39.5 Å². The van der Waals surface area contributed by atoms with E-state index in [4.69, 9.17) is 28.1 Å². The zero-order valence-corrected chi connectivity index (χ0v) is 20.5. The summed E-state index contributed by atoms with van der Waals surface area (Å²) in [6.45, 7) is 4.23. The summed E-state index contributed by atoms with van der Waals surface area (Å²) in [6.07, 6.45) is 0. The van der Waals surface area contributed by atoms with E-state index in [9.17, 15) is 4.79 Å². The highest BCUT2D eigenvalue weighted by molar-refractivity contribution is 5.85. The van der Waals surface area contributed by atoms with Crippen molar-refractivity contribution in [2.24, 2.45) is 0 Å². The quantitative estimate of drug-likeness (QED) is 0.293. The maximum Gasteiger partial charge on any atom is 0.235 e. The van der Waals surface area contributed by atoms with Crippen molar-refractivity contribution in [3.05, 3.63) is 75.9 Å². The highest BCUT2D eigenvalue weighted by atomic mass is 16.5. The van der Waals surface area contributed by atoms with Gasteiger partial charge < -0.3 is 28.1 Å². The Morgan fingerprint density at radius 2 is 1.43 bits per heavy atom. The number of fused-ring (bicyclic) bond motifs is 1. The summed E-state index contributed by atoms with van der Waals surface area (Å²) >= 11 is 0. The fraction of sp³-hybridized carbons (Fsp3) is 0.250. The van der Waals surface area contributed by atoms with Crippen LogP contribution in [0.2, 0.25) is 0 Å². The third kappa shape index (κ3) is 5.04. The molecule has 7 heteroatoms. The smallest absolute Gasteiger partial charge is 0.235 e. The van der Waals surface area contributed by atoms with E-state index in [1.165, 1.54) is 0 Å². The maximum atomic E-state index is 13.6. The number of hydrogen-bond acceptors (Lipinski definition) is 7. The van der Waals surface area contributed by atoms with Gasteiger partial charge in [0.2, 0.25) is 11.2 Å². The Kier molecular flexibility index (Phi) is 7.15. The SMILES string of the molecule is COc1ccc(OCCOc2c(-c3ccc(OC)c(OC)c3)oc3cc(C)cc(C)c3c2=O)cc1. The summed E-state index contributed by atoms with van der Waals surface area (Å²) in [5.41, 5.74) is 2.72. The number of methoxy groups -OCH3 is 3. The van der Waals surface area contributed by atoms with Gasteiger partial charge in [-0.25, -0.2) is 0 Å². The lowest BCUT2D eigenvalue weighted by Crippen LogP contribution is -2.16. The van der Waals surface area contributed by atoms with E-state index in [1.54, 1.807) is 39.5 Å². The Balaban J connectivity index is 1.70. The molecule has 1 heterocycles. The zero-order chi connectivity index (χ0) is 24.9. The van der Waals surface area contributed by atoms with Crippen LogP contribution >= 0.6 is 0 Å². The van der Waals surface area contributed by atoms with E-state index in [0.717, 1.165) is 16.9 Å². The van der Waals surface area contributed by atoms with Gasteiger partial charge in [-0.1, -0.05) is 6.07 Å². The van der Waals surface area contributed by atoms with Crippen molar-refractivity contribution >= 4 is 11.0 Å². The van der Waals surface area contributed by atoms with Crippen molar-refractivity contribution in [2.45, 2.75) is 13.8 Å². The zero-order valence-electron chi connectivity index (χ0n) is 20.5. The molecule has 1 aromatic heterocycles. The molecule has 0 saturated carbocycles. The van der Waals surface area contributed by atoms with Gasteiger partial charge in [0.1, 0.15) is 30.3 Å². The third-order valence-corrected chi connectivity index (χ3v) is 5.60. The molecule has 0 amide bonds. The lowest BCUT2D eigenvalue weighted by atomic mass is 10.0. The van der Waals surface area contributed by atoms with Gasteiger partial charge in [-0.3, -0.25) is 4.79 Å². The molecule has 0 aliphatic heterocycles. The number of ether oxygens (including phenoxy) is 5. The van der Waals surface area contributed by atoms with E-state index in [-0.39, 0.29) is 24.4 Å². The molecule has 0 fully saturated rings. The summed E-state index contributed by atoms with van der Waals surface area (Å²) in [5, 5.41) is 0.492. The molecular weight excluding hydrogens is 448 g/mol. The molecule has 182 valence electrons. The van der Waals surface area contributed by atoms with Crippen LogP contribution in [0.4, 0.5) is 0 Å². The van der Waals surface area contributed by atoms with Crippen LogP contribution in [0.5, 0.6) is 28.7 Å². The minimum atomic E-state index is -0.238. The van der Waals surface area contributed by atoms with Crippen molar-refractivity contribution < 1.29 is 28.1 Å². The molecule has 4 rings (SSSR count). The highest BCUT2D eigenvalue weighted by Crippen LogP contribution is 2.37. The molecule has 0 unspecified atom stereocenters. The molecule has 7 nitrogen and oxygen atoms in total. The minimum absolute atomic E-state index is 0.120. The van der Waals surface area contributed by atoms with E-state index in [1.807, 2.05) is 50.2 Å². The average molecular weight is 477 g/mol. The van der Waals surface area contributed by atoms with Crippen LogP contribution in [0.1, 0.15) is 11.1 Å². The second-order valence-corrected chi connectivity index (χ2v) is 7.99. The maximum absolute atomic E-state index is 13.6. The van der Waals surface area contributed by atoms with E-state index >= 15 is 0 Å². The summed E-state index contributed by atoms with van der Waals surface area (Å²) in [4.78, 5) is 13.6. The first-order valence-electron chi connectivity index (χ1n) is 11.1. The Bertz CT molecular complexity index is 1390. The molecule has 0 aliphatic carbocycles. The van der Waals surface area contributed by atoms with Gasteiger partial charge in [-0.2, -0.15) is 0 Å². The van der Waals surface area contributed by atoms with Gasteiger partial charge in [0.25, 0.3) is 0 Å². The lowest BCUT2D eigenvalue weighted by Gasteiger charge is -2.15. The van der Waals surface area contributed by atoms with E-state index in [2.05, 4.69) is 0 Å². The first kappa shape index (κ1) is 24.0.